The van der Waals surface area contributed by atoms with Gasteiger partial charge < -0.3 is 15.9 Å². The van der Waals surface area contributed by atoms with Crippen LogP contribution in [0.2, 0.25) is 0 Å². The van der Waals surface area contributed by atoms with E-state index in [2.05, 4.69) is 4.98 Å². The van der Waals surface area contributed by atoms with Crippen molar-refractivity contribution in [3.63, 3.8) is 0 Å². The highest BCUT2D eigenvalue weighted by Crippen LogP contribution is 2.15. The lowest BCUT2D eigenvalue weighted by atomic mass is 10.1. The first-order chi connectivity index (χ1) is 7.06. The largest absolute Gasteiger partial charge is 0.385 e. The number of carbonyl (C=O) groups excluding carboxylic acids is 1. The second-order valence-corrected chi connectivity index (χ2v) is 2.88. The van der Waals surface area contributed by atoms with Crippen molar-refractivity contribution in [1.82, 2.24) is 4.98 Å². The van der Waals surface area contributed by atoms with Crippen molar-refractivity contribution in [3.8, 4) is 6.07 Å². The summed E-state index contributed by atoms with van der Waals surface area (Å²) < 4.78 is 0. The molecule has 2 unspecified atom stereocenters. The van der Waals surface area contributed by atoms with Crippen molar-refractivity contribution >= 4 is 5.91 Å². The summed E-state index contributed by atoms with van der Waals surface area (Å²) in [5.74, 6) is -1.02. The van der Waals surface area contributed by atoms with Crippen LogP contribution in [0.5, 0.6) is 0 Å². The van der Waals surface area contributed by atoms with Crippen LogP contribution in [0.1, 0.15) is 17.4 Å². The summed E-state index contributed by atoms with van der Waals surface area (Å²) in [4.78, 5) is 14.3. The third-order valence-corrected chi connectivity index (χ3v) is 1.83. The average molecular weight is 207 g/mol. The lowest BCUT2D eigenvalue weighted by Gasteiger charge is -2.14. The molecule has 1 aromatic heterocycles. The van der Waals surface area contributed by atoms with E-state index in [4.69, 9.17) is 16.1 Å². The highest BCUT2D eigenvalue weighted by atomic mass is 16.3. The summed E-state index contributed by atoms with van der Waals surface area (Å²) >= 11 is 0. The summed E-state index contributed by atoms with van der Waals surface area (Å²) in [5, 5.41) is 27.1. The topological polar surface area (TPSA) is 120 Å². The molecule has 15 heavy (non-hydrogen) atoms. The van der Waals surface area contributed by atoms with Gasteiger partial charge in [0, 0.05) is 11.8 Å². The molecule has 1 aromatic rings. The van der Waals surface area contributed by atoms with Gasteiger partial charge in [-0.25, -0.2) is 4.98 Å². The Morgan fingerprint density at radius 2 is 2.20 bits per heavy atom. The van der Waals surface area contributed by atoms with E-state index in [1.807, 2.05) is 0 Å². The molecule has 0 saturated carbocycles. The van der Waals surface area contributed by atoms with Crippen LogP contribution < -0.4 is 5.73 Å². The van der Waals surface area contributed by atoms with E-state index < -0.39 is 18.1 Å². The van der Waals surface area contributed by atoms with Gasteiger partial charge in [0.2, 0.25) is 5.91 Å². The summed E-state index contributed by atoms with van der Waals surface area (Å²) in [7, 11) is 0. The number of carbonyl (C=O) groups is 1. The quantitative estimate of drug-likeness (QED) is 0.577. The van der Waals surface area contributed by atoms with Crippen LogP contribution in [0.15, 0.2) is 18.3 Å². The predicted molar refractivity (Wildman–Crippen MR) is 49.1 cm³/mol. The standard InChI is InChI=1S/C9H9N3O3/c10-3-6-2-1-5(4-12-6)7(13)8(14)9(11)15/h1-2,4,7-8,13-14H,(H2,11,15). The van der Waals surface area contributed by atoms with E-state index in [0.717, 1.165) is 0 Å². The summed E-state index contributed by atoms with van der Waals surface area (Å²) in [6.07, 6.45) is -1.91. The van der Waals surface area contributed by atoms with Crippen LogP contribution >= 0.6 is 0 Å². The number of pyridine rings is 1. The molecule has 0 bridgehead atoms. The first kappa shape index (κ1) is 11.1. The number of nitriles is 1. The van der Waals surface area contributed by atoms with Crippen LogP contribution in [0.4, 0.5) is 0 Å². The van der Waals surface area contributed by atoms with Crippen molar-refractivity contribution in [3.05, 3.63) is 29.6 Å². The lowest BCUT2D eigenvalue weighted by Crippen LogP contribution is -2.33. The molecule has 1 rings (SSSR count). The van der Waals surface area contributed by atoms with Gasteiger partial charge in [0.05, 0.1) is 0 Å². The zero-order valence-corrected chi connectivity index (χ0v) is 7.66. The minimum Gasteiger partial charge on any atom is -0.385 e. The van der Waals surface area contributed by atoms with Gasteiger partial charge in [0.15, 0.2) is 6.10 Å². The van der Waals surface area contributed by atoms with Gasteiger partial charge in [-0.05, 0) is 6.07 Å². The summed E-state index contributed by atoms with van der Waals surface area (Å²) in [6.45, 7) is 0. The van der Waals surface area contributed by atoms with Crippen LogP contribution in [0.3, 0.4) is 0 Å². The van der Waals surface area contributed by atoms with Crippen molar-refractivity contribution in [2.24, 2.45) is 5.73 Å². The maximum absolute atomic E-state index is 10.6. The second kappa shape index (κ2) is 4.50. The Kier molecular flexibility index (Phi) is 3.33. The molecule has 0 aliphatic heterocycles. The molecule has 6 heteroatoms. The van der Waals surface area contributed by atoms with Crippen LogP contribution in [-0.2, 0) is 4.79 Å². The fraction of sp³-hybridized carbons (Fsp3) is 0.222. The number of aromatic nitrogens is 1. The van der Waals surface area contributed by atoms with E-state index in [-0.39, 0.29) is 11.3 Å². The zero-order valence-electron chi connectivity index (χ0n) is 7.66. The number of rotatable bonds is 3. The molecule has 78 valence electrons. The third kappa shape index (κ3) is 2.49. The van der Waals surface area contributed by atoms with Gasteiger partial charge in [0.1, 0.15) is 17.9 Å². The summed E-state index contributed by atoms with van der Waals surface area (Å²) in [5.41, 5.74) is 5.21. The van der Waals surface area contributed by atoms with Crippen LogP contribution in [-0.4, -0.2) is 27.2 Å². The molecule has 0 saturated heterocycles. The van der Waals surface area contributed by atoms with Gasteiger partial charge in [-0.3, -0.25) is 4.79 Å². The van der Waals surface area contributed by atoms with E-state index >= 15 is 0 Å². The SMILES string of the molecule is N#Cc1ccc(C(O)C(O)C(N)=O)cn1. The van der Waals surface area contributed by atoms with Gasteiger partial charge in [-0.15, -0.1) is 0 Å². The number of nitrogens with two attached hydrogens (primary N) is 1. The van der Waals surface area contributed by atoms with Crippen molar-refractivity contribution in [1.29, 1.82) is 5.26 Å². The Hall–Kier alpha value is -1.97. The molecular formula is C9H9N3O3. The monoisotopic (exact) mass is 207 g/mol. The van der Waals surface area contributed by atoms with Crippen LogP contribution in [0.25, 0.3) is 0 Å². The fourth-order valence-corrected chi connectivity index (χ4v) is 0.984. The number of amides is 1. The number of hydrogen-bond donors (Lipinski definition) is 3. The number of nitrogens with zero attached hydrogens (tertiary/aromatic N) is 2. The second-order valence-electron chi connectivity index (χ2n) is 2.88. The van der Waals surface area contributed by atoms with Crippen molar-refractivity contribution in [2.45, 2.75) is 12.2 Å². The zero-order chi connectivity index (χ0) is 11.4. The molecule has 0 aliphatic rings. The Balaban J connectivity index is 2.88. The molecule has 1 heterocycles. The molecule has 6 nitrogen and oxygen atoms in total. The smallest absolute Gasteiger partial charge is 0.249 e. The van der Waals surface area contributed by atoms with Crippen molar-refractivity contribution < 1.29 is 15.0 Å². The van der Waals surface area contributed by atoms with E-state index in [0.29, 0.717) is 0 Å². The molecule has 0 fully saturated rings. The number of hydrogen-bond acceptors (Lipinski definition) is 5. The first-order valence-corrected chi connectivity index (χ1v) is 4.07. The van der Waals surface area contributed by atoms with E-state index in [1.165, 1.54) is 18.3 Å². The fourth-order valence-electron chi connectivity index (χ4n) is 0.984. The minimum atomic E-state index is -1.68. The predicted octanol–water partition coefficient (Wildman–Crippen LogP) is -1.17. The van der Waals surface area contributed by atoms with Gasteiger partial charge in [-0.1, -0.05) is 6.07 Å². The van der Waals surface area contributed by atoms with Gasteiger partial charge >= 0.3 is 0 Å². The van der Waals surface area contributed by atoms with Crippen molar-refractivity contribution in [2.75, 3.05) is 0 Å². The molecule has 0 aliphatic carbocycles. The minimum absolute atomic E-state index is 0.180. The molecule has 0 aromatic carbocycles. The highest BCUT2D eigenvalue weighted by molar-refractivity contribution is 5.79. The average Bonchev–Trinajstić information content (AvgIpc) is 2.27. The Bertz CT molecular complexity index is 396. The Morgan fingerprint density at radius 1 is 1.53 bits per heavy atom. The van der Waals surface area contributed by atoms with E-state index in [9.17, 15) is 9.90 Å². The molecule has 4 N–H and O–H groups in total. The molecule has 2 atom stereocenters. The molecule has 0 radical (unpaired) electrons. The van der Waals surface area contributed by atoms with Gasteiger partial charge in [-0.2, -0.15) is 5.26 Å². The lowest BCUT2D eigenvalue weighted by molar-refractivity contribution is -0.131. The summed E-state index contributed by atoms with van der Waals surface area (Å²) in [6, 6.07) is 4.56. The maximum Gasteiger partial charge on any atom is 0.249 e. The Morgan fingerprint density at radius 3 is 2.60 bits per heavy atom. The molecule has 1 amide bonds. The number of aliphatic hydroxyl groups excluding tert-OH is 2. The molecular weight excluding hydrogens is 198 g/mol. The van der Waals surface area contributed by atoms with Crippen LogP contribution in [0, 0.1) is 11.3 Å². The Labute approximate surface area is 85.6 Å². The first-order valence-electron chi connectivity index (χ1n) is 4.07. The molecule has 0 spiro atoms. The van der Waals surface area contributed by atoms with Gasteiger partial charge in [0.25, 0.3) is 0 Å². The van der Waals surface area contributed by atoms with E-state index in [1.54, 1.807) is 6.07 Å². The normalized spacial score (nSPS) is 13.9. The highest BCUT2D eigenvalue weighted by Gasteiger charge is 2.23. The number of aliphatic hydroxyl groups is 2. The maximum atomic E-state index is 10.6. The number of primary amides is 1. The third-order valence-electron chi connectivity index (χ3n) is 1.83.